The Morgan fingerprint density at radius 3 is 2.70 bits per heavy atom. The number of nitrogens with one attached hydrogen (secondary N) is 1. The molecule has 30 heavy (non-hydrogen) atoms. The number of fused-ring (bicyclic) bond motifs is 1. The minimum atomic E-state index is -3.82. The monoisotopic (exact) mass is 430 g/mol. The number of nitrogens with zero attached hydrogens (tertiary/aromatic N) is 1. The minimum Gasteiger partial charge on any atom is -0.376 e. The predicted octanol–water partition coefficient (Wildman–Crippen LogP) is 3.05. The summed E-state index contributed by atoms with van der Waals surface area (Å²) in [6.07, 6.45) is 3.41. The van der Waals surface area contributed by atoms with E-state index in [1.54, 1.807) is 34.9 Å². The Kier molecular flexibility index (Phi) is 5.87. The van der Waals surface area contributed by atoms with Crippen molar-refractivity contribution in [3.05, 3.63) is 66.1 Å². The summed E-state index contributed by atoms with van der Waals surface area (Å²) in [6, 6.07) is 12.8. The van der Waals surface area contributed by atoms with Gasteiger partial charge in [-0.25, -0.2) is 12.8 Å². The van der Waals surface area contributed by atoms with Crippen LogP contribution in [-0.4, -0.2) is 38.1 Å². The highest BCUT2D eigenvalue weighted by molar-refractivity contribution is 7.90. The molecule has 158 valence electrons. The molecule has 4 rings (SSSR count). The van der Waals surface area contributed by atoms with E-state index in [9.17, 15) is 17.6 Å². The first-order valence-electron chi connectivity index (χ1n) is 9.86. The highest BCUT2D eigenvalue weighted by Gasteiger charge is 2.24. The fourth-order valence-electron chi connectivity index (χ4n) is 3.73. The lowest BCUT2D eigenvalue weighted by Gasteiger charge is -2.11. The van der Waals surface area contributed by atoms with Crippen molar-refractivity contribution in [2.45, 2.75) is 36.1 Å². The zero-order chi connectivity index (χ0) is 21.1. The van der Waals surface area contributed by atoms with Gasteiger partial charge < -0.3 is 14.6 Å². The Balaban J connectivity index is 1.58. The molecule has 3 aromatic rings. The number of hydrogen-bond acceptors (Lipinski definition) is 4. The van der Waals surface area contributed by atoms with Crippen molar-refractivity contribution < 1.29 is 22.3 Å². The van der Waals surface area contributed by atoms with Gasteiger partial charge in [0.15, 0.2) is 9.84 Å². The number of rotatable bonds is 7. The lowest BCUT2D eigenvalue weighted by Crippen LogP contribution is -2.34. The predicted molar refractivity (Wildman–Crippen MR) is 111 cm³/mol. The first-order chi connectivity index (χ1) is 14.4. The molecular weight excluding hydrogens is 407 g/mol. The van der Waals surface area contributed by atoms with Crippen LogP contribution in [-0.2, 0) is 31.7 Å². The van der Waals surface area contributed by atoms with E-state index >= 15 is 0 Å². The van der Waals surface area contributed by atoms with Crippen LogP contribution in [0.25, 0.3) is 10.9 Å². The van der Waals surface area contributed by atoms with Gasteiger partial charge in [-0.15, -0.1) is 0 Å². The lowest BCUT2D eigenvalue weighted by molar-refractivity contribution is -0.122. The summed E-state index contributed by atoms with van der Waals surface area (Å²) in [7, 11) is -3.82. The molecule has 1 amide bonds. The zero-order valence-corrected chi connectivity index (χ0v) is 17.2. The van der Waals surface area contributed by atoms with E-state index in [2.05, 4.69) is 5.32 Å². The van der Waals surface area contributed by atoms with Crippen molar-refractivity contribution in [2.75, 3.05) is 13.2 Å². The van der Waals surface area contributed by atoms with Crippen molar-refractivity contribution in [3.63, 3.8) is 0 Å². The molecule has 1 atom stereocenters. The third-order valence-electron chi connectivity index (χ3n) is 5.26. The first-order valence-corrected chi connectivity index (χ1v) is 11.5. The van der Waals surface area contributed by atoms with Crippen LogP contribution in [0, 0.1) is 5.82 Å². The molecule has 0 bridgehead atoms. The van der Waals surface area contributed by atoms with E-state index in [0.29, 0.717) is 24.1 Å². The van der Waals surface area contributed by atoms with Gasteiger partial charge in [-0.3, -0.25) is 4.79 Å². The summed E-state index contributed by atoms with van der Waals surface area (Å²) in [4.78, 5) is 12.5. The molecule has 1 saturated heterocycles. The number of hydrogen-bond donors (Lipinski definition) is 1. The highest BCUT2D eigenvalue weighted by Crippen LogP contribution is 2.28. The fourth-order valence-corrected chi connectivity index (χ4v) is 5.33. The summed E-state index contributed by atoms with van der Waals surface area (Å²) in [6.45, 7) is 1.14. The average Bonchev–Trinajstić information content (AvgIpc) is 3.37. The van der Waals surface area contributed by atoms with E-state index in [-0.39, 0.29) is 29.0 Å². The van der Waals surface area contributed by atoms with Crippen LogP contribution >= 0.6 is 0 Å². The van der Waals surface area contributed by atoms with Gasteiger partial charge in [-0.2, -0.15) is 0 Å². The second kappa shape index (κ2) is 8.57. The maximum atomic E-state index is 14.0. The molecule has 1 aromatic heterocycles. The molecule has 0 saturated carbocycles. The number of carbonyl (C=O) groups is 1. The Morgan fingerprint density at radius 2 is 1.93 bits per heavy atom. The van der Waals surface area contributed by atoms with Gasteiger partial charge in [-0.1, -0.05) is 36.4 Å². The van der Waals surface area contributed by atoms with E-state index in [1.807, 2.05) is 0 Å². The smallest absolute Gasteiger partial charge is 0.240 e. The van der Waals surface area contributed by atoms with Gasteiger partial charge in [0.1, 0.15) is 12.4 Å². The third kappa shape index (κ3) is 4.39. The summed E-state index contributed by atoms with van der Waals surface area (Å²) in [5.74, 6) is -1.22. The molecule has 0 radical (unpaired) electrons. The van der Waals surface area contributed by atoms with Crippen LogP contribution in [0.4, 0.5) is 4.39 Å². The number of amides is 1. The van der Waals surface area contributed by atoms with Crippen LogP contribution in [0.2, 0.25) is 0 Å². The number of para-hydroxylation sites is 1. The van der Waals surface area contributed by atoms with Crippen molar-refractivity contribution in [2.24, 2.45) is 0 Å². The van der Waals surface area contributed by atoms with Gasteiger partial charge in [0.05, 0.1) is 16.8 Å². The van der Waals surface area contributed by atoms with Gasteiger partial charge >= 0.3 is 0 Å². The summed E-state index contributed by atoms with van der Waals surface area (Å²) in [5.41, 5.74) is 0.750. The Bertz CT molecular complexity index is 1170. The van der Waals surface area contributed by atoms with Crippen molar-refractivity contribution in [3.8, 4) is 0 Å². The molecule has 1 aliphatic heterocycles. The van der Waals surface area contributed by atoms with Crippen LogP contribution in [0.15, 0.2) is 59.6 Å². The molecule has 1 aliphatic rings. The number of ether oxygens (including phenoxy) is 1. The molecule has 1 unspecified atom stereocenters. The largest absolute Gasteiger partial charge is 0.376 e. The molecule has 0 spiro atoms. The van der Waals surface area contributed by atoms with Gasteiger partial charge in [0, 0.05) is 35.8 Å². The van der Waals surface area contributed by atoms with E-state index in [1.165, 1.54) is 24.4 Å². The lowest BCUT2D eigenvalue weighted by atomic mass is 10.2. The van der Waals surface area contributed by atoms with Crippen LogP contribution in [0.5, 0.6) is 0 Å². The summed E-state index contributed by atoms with van der Waals surface area (Å²) < 4.78 is 47.3. The zero-order valence-electron chi connectivity index (χ0n) is 16.4. The second-order valence-corrected chi connectivity index (χ2v) is 9.39. The molecule has 2 aromatic carbocycles. The van der Waals surface area contributed by atoms with Crippen LogP contribution in [0.1, 0.15) is 18.4 Å². The first kappa shape index (κ1) is 20.6. The topological polar surface area (TPSA) is 77.4 Å². The SMILES string of the molecule is O=C(Cn1cc(S(=O)(=O)Cc2ccccc2F)c2ccccc21)NCC1CCCO1. The Labute approximate surface area is 174 Å². The average molecular weight is 431 g/mol. The number of carbonyl (C=O) groups excluding carboxylic acids is 1. The highest BCUT2D eigenvalue weighted by atomic mass is 32.2. The number of aromatic nitrogens is 1. The van der Waals surface area contributed by atoms with Crippen LogP contribution in [0.3, 0.4) is 0 Å². The maximum Gasteiger partial charge on any atom is 0.240 e. The minimum absolute atomic E-state index is 0.0115. The van der Waals surface area contributed by atoms with Gasteiger partial charge in [-0.05, 0) is 25.0 Å². The molecule has 0 aliphatic carbocycles. The number of benzene rings is 2. The standard InChI is InChI=1S/C22H23FN2O4S/c23-19-9-3-1-6-16(19)15-30(27,28)21-13-25(20-10-4-2-8-18(20)21)14-22(26)24-12-17-7-5-11-29-17/h1-4,6,8-10,13,17H,5,7,11-12,14-15H2,(H,24,26). The molecule has 6 nitrogen and oxygen atoms in total. The molecule has 1 N–H and O–H groups in total. The van der Waals surface area contributed by atoms with Crippen LogP contribution < -0.4 is 5.32 Å². The third-order valence-corrected chi connectivity index (χ3v) is 6.94. The van der Waals surface area contributed by atoms with E-state index in [0.717, 1.165) is 12.8 Å². The van der Waals surface area contributed by atoms with Gasteiger partial charge in [0.2, 0.25) is 5.91 Å². The molecule has 8 heteroatoms. The quantitative estimate of drug-likeness (QED) is 0.625. The summed E-state index contributed by atoms with van der Waals surface area (Å²) in [5, 5.41) is 3.36. The maximum absolute atomic E-state index is 14.0. The van der Waals surface area contributed by atoms with Crippen molar-refractivity contribution >= 4 is 26.6 Å². The molecular formula is C22H23FN2O4S. The Morgan fingerprint density at radius 1 is 1.17 bits per heavy atom. The molecule has 1 fully saturated rings. The number of sulfone groups is 1. The van der Waals surface area contributed by atoms with Crippen molar-refractivity contribution in [1.82, 2.24) is 9.88 Å². The second-order valence-electron chi connectivity index (χ2n) is 7.43. The van der Waals surface area contributed by atoms with E-state index < -0.39 is 21.4 Å². The number of halogens is 1. The summed E-state index contributed by atoms with van der Waals surface area (Å²) >= 11 is 0. The van der Waals surface area contributed by atoms with E-state index in [4.69, 9.17) is 4.74 Å². The van der Waals surface area contributed by atoms with Crippen molar-refractivity contribution in [1.29, 1.82) is 0 Å². The molecule has 2 heterocycles. The fraction of sp³-hybridized carbons (Fsp3) is 0.318. The Hall–Kier alpha value is -2.71. The van der Waals surface area contributed by atoms with Gasteiger partial charge in [0.25, 0.3) is 0 Å². The normalized spacial score (nSPS) is 16.8.